The van der Waals surface area contributed by atoms with Crippen molar-refractivity contribution in [1.29, 1.82) is 0 Å². The van der Waals surface area contributed by atoms with Crippen molar-refractivity contribution >= 4 is 35.3 Å². The number of ether oxygens (including phenoxy) is 4. The van der Waals surface area contributed by atoms with Crippen LogP contribution in [-0.4, -0.2) is 124 Å². The van der Waals surface area contributed by atoms with E-state index in [4.69, 9.17) is 18.9 Å². The van der Waals surface area contributed by atoms with Gasteiger partial charge in [0, 0.05) is 45.8 Å². The van der Waals surface area contributed by atoms with Gasteiger partial charge in [-0.05, 0) is 184 Å². The molecule has 0 aliphatic heterocycles. The normalized spacial score (nSPS) is 12.9. The number of anilines is 2. The van der Waals surface area contributed by atoms with E-state index in [1.165, 1.54) is 218 Å². The molecule has 1 aromatic carbocycles. The Labute approximate surface area is 716 Å². The first-order chi connectivity index (χ1) is 56.7. The standard InChI is InChI=1S/C101H192N4O11/c1-10-17-24-25-30-44-71-93(116-97(110)76-48-34-29-36-50-79-104(82-58-77-103-99-98(102-9)100(111)101(99)112)78-49-35-26-31-45-73-94(107)113-85-55-66-89(60-39-18-11-2)61-40-19-12-3)72-54-70-92(69-23-16-7)88(8)59-53-65-91(64-43-22-15-6)68-57-87-115-96(109)75-47-33-28-38-52-81-105(83-84-106)80-51-37-27-32-46-74-95(108)114-86-56-67-90(62-41-20-13-4)63-42-21-14-5/h88-93,102-103,106H,10-87H2,1-9H3. The number of esters is 4. The number of carbonyl (C=O) groups excluding carboxylic acids is 4. The number of hydrogen-bond donors (Lipinski definition) is 3. The Bertz CT molecular complexity index is 2400. The van der Waals surface area contributed by atoms with Crippen LogP contribution in [0.15, 0.2) is 9.59 Å². The fourth-order valence-electron chi connectivity index (χ4n) is 17.7. The smallest absolute Gasteiger partial charge is 0.306 e. The minimum atomic E-state index is -0.446. The van der Waals surface area contributed by atoms with Crippen LogP contribution in [0.1, 0.15) is 486 Å². The van der Waals surface area contributed by atoms with E-state index in [9.17, 15) is 33.9 Å². The van der Waals surface area contributed by atoms with Crippen LogP contribution in [-0.2, 0) is 38.1 Å². The summed E-state index contributed by atoms with van der Waals surface area (Å²) in [5.41, 5.74) is -0.0858. The summed E-state index contributed by atoms with van der Waals surface area (Å²) >= 11 is 0. The molecule has 4 unspecified atom stereocenters. The molecular weight excluding hydrogens is 1450 g/mol. The lowest BCUT2D eigenvalue weighted by Gasteiger charge is -2.26. The molecule has 0 saturated heterocycles. The molecule has 15 heteroatoms. The summed E-state index contributed by atoms with van der Waals surface area (Å²) in [5, 5.41) is 15.8. The summed E-state index contributed by atoms with van der Waals surface area (Å²) in [5.74, 6) is 3.45. The van der Waals surface area contributed by atoms with Gasteiger partial charge < -0.3 is 44.5 Å². The molecule has 0 radical (unpaired) electrons. The van der Waals surface area contributed by atoms with Crippen molar-refractivity contribution in [3.05, 3.63) is 20.4 Å². The van der Waals surface area contributed by atoms with E-state index >= 15 is 0 Å². The van der Waals surface area contributed by atoms with Gasteiger partial charge in [0.25, 0.3) is 10.9 Å². The molecule has 0 saturated carbocycles. The number of rotatable bonds is 92. The molecule has 3 N–H and O–H groups in total. The van der Waals surface area contributed by atoms with Crippen LogP contribution >= 0.6 is 0 Å². The lowest BCUT2D eigenvalue weighted by molar-refractivity contribution is -0.150. The molecule has 0 bridgehead atoms. The maximum Gasteiger partial charge on any atom is 0.306 e. The number of aliphatic hydroxyl groups is 1. The minimum Gasteiger partial charge on any atom is -0.466 e. The predicted molar refractivity (Wildman–Crippen MR) is 494 cm³/mol. The molecule has 1 aromatic rings. The van der Waals surface area contributed by atoms with Gasteiger partial charge in [0.1, 0.15) is 17.5 Å². The molecule has 4 atom stereocenters. The van der Waals surface area contributed by atoms with Crippen LogP contribution in [0.2, 0.25) is 0 Å². The third kappa shape index (κ3) is 65.2. The summed E-state index contributed by atoms with van der Waals surface area (Å²) in [7, 11) is 1.68. The van der Waals surface area contributed by atoms with Gasteiger partial charge in [-0.1, -0.05) is 338 Å². The first-order valence-electron chi connectivity index (χ1n) is 50.7. The molecule has 0 aromatic heterocycles. The van der Waals surface area contributed by atoms with E-state index in [0.717, 1.165) is 237 Å². The van der Waals surface area contributed by atoms with Crippen molar-refractivity contribution in [2.45, 2.75) is 492 Å². The first-order valence-corrected chi connectivity index (χ1v) is 50.7. The maximum absolute atomic E-state index is 13.6. The first kappa shape index (κ1) is 110. The van der Waals surface area contributed by atoms with Gasteiger partial charge >= 0.3 is 23.9 Å². The fraction of sp³-hybridized carbons (Fsp3) is 0.921. The highest BCUT2D eigenvalue weighted by molar-refractivity contribution is 5.73. The highest BCUT2D eigenvalue weighted by atomic mass is 16.5. The van der Waals surface area contributed by atoms with E-state index in [-0.39, 0.29) is 36.6 Å². The van der Waals surface area contributed by atoms with Crippen LogP contribution in [0.5, 0.6) is 0 Å². The van der Waals surface area contributed by atoms with Crippen molar-refractivity contribution in [2.75, 3.05) is 89.9 Å². The molecule has 1 rings (SSSR count). The van der Waals surface area contributed by atoms with Crippen LogP contribution < -0.4 is 21.5 Å². The van der Waals surface area contributed by atoms with Crippen molar-refractivity contribution in [3.8, 4) is 0 Å². The predicted octanol–water partition coefficient (Wildman–Crippen LogP) is 27.3. The Hall–Kier alpha value is -3.56. The average Bonchev–Trinajstić information content (AvgIpc) is 0.788. The molecule has 0 spiro atoms. The fourth-order valence-corrected chi connectivity index (χ4v) is 17.7. The van der Waals surface area contributed by atoms with Gasteiger partial charge in [0.2, 0.25) is 0 Å². The number of nitrogens with one attached hydrogen (secondary N) is 2. The van der Waals surface area contributed by atoms with Gasteiger partial charge in [0.15, 0.2) is 0 Å². The summed E-state index contributed by atoms with van der Waals surface area (Å²) in [4.78, 5) is 80.6. The van der Waals surface area contributed by atoms with Crippen molar-refractivity contribution in [1.82, 2.24) is 9.80 Å². The van der Waals surface area contributed by atoms with Gasteiger partial charge in [0.05, 0.1) is 26.4 Å². The van der Waals surface area contributed by atoms with Gasteiger partial charge in [-0.2, -0.15) is 0 Å². The van der Waals surface area contributed by atoms with Gasteiger partial charge in [-0.15, -0.1) is 0 Å². The number of unbranched alkanes of at least 4 members (excludes halogenated alkanes) is 32. The van der Waals surface area contributed by atoms with E-state index in [1.807, 2.05) is 0 Å². The lowest BCUT2D eigenvalue weighted by Crippen LogP contribution is -2.37. The SMILES string of the molecule is CCCCCCCCC(CCCC(CCCC)C(C)CCCC(CCCCC)CCCOC(=O)CCCCCCCN(CCO)CCCCCCCC(=O)OCCCC(CCCCC)CCCCC)OC(=O)CCCCCCCN(CCCCCCCC(=O)OCCCC(CCCCC)CCCCC)CCCNc1c(NC)c(=O)c1=O. The Balaban J connectivity index is 2.55. The Kier molecular flexibility index (Phi) is 78.5. The summed E-state index contributed by atoms with van der Waals surface area (Å²) in [6.45, 7) is 26.6. The van der Waals surface area contributed by atoms with E-state index in [1.54, 1.807) is 7.05 Å². The van der Waals surface area contributed by atoms with Crippen LogP contribution in [0.25, 0.3) is 0 Å². The Morgan fingerprint density at radius 3 is 1.00 bits per heavy atom. The molecule has 0 amide bonds. The minimum absolute atomic E-state index is 0.00493. The molecule has 15 nitrogen and oxygen atoms in total. The second-order valence-corrected chi connectivity index (χ2v) is 36.0. The molecule has 0 aliphatic rings. The molecule has 116 heavy (non-hydrogen) atoms. The third-order valence-electron chi connectivity index (χ3n) is 25.4. The largest absolute Gasteiger partial charge is 0.466 e. The Morgan fingerprint density at radius 2 is 0.603 bits per heavy atom. The van der Waals surface area contributed by atoms with Crippen molar-refractivity contribution in [2.24, 2.45) is 29.6 Å². The number of nitrogens with zero attached hydrogens (tertiary/aromatic N) is 2. The van der Waals surface area contributed by atoms with Crippen molar-refractivity contribution in [3.63, 3.8) is 0 Å². The van der Waals surface area contributed by atoms with Gasteiger partial charge in [-0.3, -0.25) is 28.8 Å². The van der Waals surface area contributed by atoms with E-state index in [2.05, 4.69) is 75.8 Å². The summed E-state index contributed by atoms with van der Waals surface area (Å²) < 4.78 is 23.5. The van der Waals surface area contributed by atoms with E-state index < -0.39 is 10.9 Å². The topological polar surface area (TPSA) is 190 Å². The van der Waals surface area contributed by atoms with E-state index in [0.29, 0.717) is 81.2 Å². The molecule has 682 valence electrons. The zero-order valence-electron chi connectivity index (χ0n) is 78.0. The zero-order chi connectivity index (χ0) is 84.6. The second-order valence-electron chi connectivity index (χ2n) is 36.0. The zero-order valence-corrected chi connectivity index (χ0v) is 78.0. The molecule has 0 fully saturated rings. The summed E-state index contributed by atoms with van der Waals surface area (Å²) in [6, 6.07) is 0. The highest BCUT2D eigenvalue weighted by Gasteiger charge is 2.23. The molecular formula is C101H192N4O11. The number of carbonyl (C=O) groups is 4. The van der Waals surface area contributed by atoms with Crippen LogP contribution in [0, 0.1) is 29.6 Å². The second kappa shape index (κ2) is 82.4. The highest BCUT2D eigenvalue weighted by Crippen LogP contribution is 2.33. The number of aliphatic hydroxyl groups excluding tert-OH is 1. The van der Waals surface area contributed by atoms with Gasteiger partial charge in [-0.25, -0.2) is 0 Å². The quantitative estimate of drug-likeness (QED) is 0.0241. The maximum atomic E-state index is 13.6. The third-order valence-corrected chi connectivity index (χ3v) is 25.4. The average molecular weight is 1640 g/mol. The lowest BCUT2D eigenvalue weighted by atomic mass is 9.81. The van der Waals surface area contributed by atoms with Crippen LogP contribution in [0.3, 0.4) is 0 Å². The van der Waals surface area contributed by atoms with Crippen molar-refractivity contribution < 1.29 is 43.2 Å². The monoisotopic (exact) mass is 1640 g/mol. The van der Waals surface area contributed by atoms with Crippen LogP contribution in [0.4, 0.5) is 11.4 Å². The number of hydrogen-bond acceptors (Lipinski definition) is 15. The molecule has 0 aliphatic carbocycles. The summed E-state index contributed by atoms with van der Waals surface area (Å²) in [6.07, 6.45) is 75.6. The Morgan fingerprint density at radius 1 is 0.310 bits per heavy atom. The molecule has 0 heterocycles.